The minimum atomic E-state index is -0.206. The van der Waals surface area contributed by atoms with E-state index in [-0.39, 0.29) is 35.7 Å². The van der Waals surface area contributed by atoms with E-state index in [2.05, 4.69) is 22.5 Å². The Bertz CT molecular complexity index is 597. The van der Waals surface area contributed by atoms with Gasteiger partial charge in [0.2, 0.25) is 5.91 Å². The zero-order valence-corrected chi connectivity index (χ0v) is 18.0. The summed E-state index contributed by atoms with van der Waals surface area (Å²) in [6.07, 6.45) is 4.28. The van der Waals surface area contributed by atoms with E-state index in [4.69, 9.17) is 0 Å². The summed E-state index contributed by atoms with van der Waals surface area (Å²) in [5.41, 5.74) is 0.960. The Morgan fingerprint density at radius 1 is 1.35 bits per heavy atom. The van der Waals surface area contributed by atoms with Gasteiger partial charge in [-0.1, -0.05) is 19.1 Å². The van der Waals surface area contributed by atoms with Crippen molar-refractivity contribution in [2.75, 3.05) is 26.7 Å². The molecule has 1 aliphatic heterocycles. The molecule has 0 spiro atoms. The van der Waals surface area contributed by atoms with Gasteiger partial charge in [0.1, 0.15) is 5.82 Å². The second-order valence-electron chi connectivity index (χ2n) is 6.35. The van der Waals surface area contributed by atoms with Gasteiger partial charge >= 0.3 is 0 Å². The van der Waals surface area contributed by atoms with E-state index in [1.807, 2.05) is 11.0 Å². The Morgan fingerprint density at radius 2 is 2.12 bits per heavy atom. The van der Waals surface area contributed by atoms with Gasteiger partial charge in [0.15, 0.2) is 5.96 Å². The van der Waals surface area contributed by atoms with E-state index in [1.165, 1.54) is 6.07 Å². The monoisotopic (exact) mass is 476 g/mol. The molecule has 0 bridgehead atoms. The van der Waals surface area contributed by atoms with Gasteiger partial charge in [-0.05, 0) is 43.4 Å². The summed E-state index contributed by atoms with van der Waals surface area (Å²) in [6, 6.07) is 6.94. The molecule has 26 heavy (non-hydrogen) atoms. The van der Waals surface area contributed by atoms with Gasteiger partial charge in [0.25, 0.3) is 0 Å². The van der Waals surface area contributed by atoms with Gasteiger partial charge in [-0.25, -0.2) is 4.39 Å². The lowest BCUT2D eigenvalue weighted by molar-refractivity contribution is -0.129. The van der Waals surface area contributed by atoms with Gasteiger partial charge in [-0.3, -0.25) is 9.79 Å². The van der Waals surface area contributed by atoms with Crippen LogP contribution in [0.2, 0.25) is 0 Å². The molecule has 1 unspecified atom stereocenters. The van der Waals surface area contributed by atoms with Crippen LogP contribution in [-0.4, -0.2) is 49.5 Å². The van der Waals surface area contributed by atoms with Gasteiger partial charge < -0.3 is 15.5 Å². The van der Waals surface area contributed by atoms with Crippen LogP contribution in [0, 0.1) is 5.82 Å². The van der Waals surface area contributed by atoms with E-state index in [0.717, 1.165) is 50.3 Å². The first-order valence-corrected chi connectivity index (χ1v) is 9.12. The zero-order chi connectivity index (χ0) is 18.1. The maximum Gasteiger partial charge on any atom is 0.222 e. The number of nitrogens with zero attached hydrogens (tertiary/aromatic N) is 2. The molecule has 0 radical (unpaired) electrons. The minimum Gasteiger partial charge on any atom is -0.356 e. The summed E-state index contributed by atoms with van der Waals surface area (Å²) >= 11 is 0. The SMILES string of the molecule is CCC(CCNC(=NC)NCCc1cccc(F)c1)N1CCCC1=O.I. The fourth-order valence-electron chi connectivity index (χ4n) is 3.23. The van der Waals surface area contributed by atoms with Crippen molar-refractivity contribution in [1.29, 1.82) is 0 Å². The van der Waals surface area contributed by atoms with Crippen molar-refractivity contribution in [2.24, 2.45) is 4.99 Å². The van der Waals surface area contributed by atoms with Crippen molar-refractivity contribution < 1.29 is 9.18 Å². The smallest absolute Gasteiger partial charge is 0.222 e. The van der Waals surface area contributed by atoms with Crippen LogP contribution in [-0.2, 0) is 11.2 Å². The van der Waals surface area contributed by atoms with Crippen molar-refractivity contribution in [3.8, 4) is 0 Å². The molecule has 0 saturated carbocycles. The molecule has 1 saturated heterocycles. The van der Waals surface area contributed by atoms with Gasteiger partial charge in [0, 0.05) is 39.1 Å². The van der Waals surface area contributed by atoms with Crippen LogP contribution >= 0.6 is 24.0 Å². The van der Waals surface area contributed by atoms with Crippen molar-refractivity contribution in [1.82, 2.24) is 15.5 Å². The third kappa shape index (κ3) is 7.09. The Morgan fingerprint density at radius 3 is 2.73 bits per heavy atom. The zero-order valence-electron chi connectivity index (χ0n) is 15.6. The quantitative estimate of drug-likeness (QED) is 0.345. The second kappa shape index (κ2) is 12.1. The number of hydrogen-bond donors (Lipinski definition) is 2. The third-order valence-electron chi connectivity index (χ3n) is 4.61. The number of halogens is 2. The number of guanidine groups is 1. The molecule has 1 aliphatic rings. The Kier molecular flexibility index (Phi) is 10.5. The highest BCUT2D eigenvalue weighted by Crippen LogP contribution is 2.17. The van der Waals surface area contributed by atoms with Crippen molar-refractivity contribution in [3.05, 3.63) is 35.6 Å². The summed E-state index contributed by atoms with van der Waals surface area (Å²) < 4.78 is 13.2. The number of benzene rings is 1. The predicted molar refractivity (Wildman–Crippen MR) is 115 cm³/mol. The highest BCUT2D eigenvalue weighted by atomic mass is 127. The number of amides is 1. The van der Waals surface area contributed by atoms with Crippen LogP contribution in [0.4, 0.5) is 4.39 Å². The van der Waals surface area contributed by atoms with E-state index in [0.29, 0.717) is 19.0 Å². The molecule has 2 N–H and O–H groups in total. The third-order valence-corrected chi connectivity index (χ3v) is 4.61. The highest BCUT2D eigenvalue weighted by Gasteiger charge is 2.26. The normalized spacial score (nSPS) is 15.6. The number of hydrogen-bond acceptors (Lipinski definition) is 2. The van der Waals surface area contributed by atoms with Crippen LogP contribution in [0.1, 0.15) is 38.2 Å². The number of carbonyl (C=O) groups excluding carboxylic acids is 1. The molecule has 5 nitrogen and oxygen atoms in total. The lowest BCUT2D eigenvalue weighted by atomic mass is 10.1. The van der Waals surface area contributed by atoms with Crippen molar-refractivity contribution in [2.45, 2.75) is 45.1 Å². The molecular formula is C19H30FIN4O. The molecule has 1 fully saturated rings. The molecule has 2 rings (SSSR count). The summed E-state index contributed by atoms with van der Waals surface area (Å²) in [5.74, 6) is 0.811. The Labute approximate surface area is 172 Å². The molecule has 1 amide bonds. The largest absolute Gasteiger partial charge is 0.356 e. The molecule has 1 atom stereocenters. The van der Waals surface area contributed by atoms with Crippen LogP contribution in [0.5, 0.6) is 0 Å². The van der Waals surface area contributed by atoms with Gasteiger partial charge in [-0.15, -0.1) is 24.0 Å². The maximum atomic E-state index is 13.2. The predicted octanol–water partition coefficient (Wildman–Crippen LogP) is 2.94. The van der Waals surface area contributed by atoms with E-state index in [1.54, 1.807) is 19.2 Å². The van der Waals surface area contributed by atoms with Gasteiger partial charge in [0.05, 0.1) is 0 Å². The molecule has 1 aromatic rings. The second-order valence-corrected chi connectivity index (χ2v) is 6.35. The van der Waals surface area contributed by atoms with E-state index in [9.17, 15) is 9.18 Å². The Hall–Kier alpha value is -1.38. The molecule has 146 valence electrons. The van der Waals surface area contributed by atoms with Gasteiger partial charge in [-0.2, -0.15) is 0 Å². The topological polar surface area (TPSA) is 56.7 Å². The lowest BCUT2D eigenvalue weighted by Crippen LogP contribution is -2.42. The summed E-state index contributed by atoms with van der Waals surface area (Å²) in [6.45, 7) is 4.47. The Balaban J connectivity index is 0.00000338. The number of likely N-dealkylation sites (tertiary alicyclic amines) is 1. The van der Waals surface area contributed by atoms with Crippen LogP contribution in [0.15, 0.2) is 29.3 Å². The fraction of sp³-hybridized carbons (Fsp3) is 0.579. The summed E-state index contributed by atoms with van der Waals surface area (Å²) in [5, 5.41) is 6.54. The maximum absolute atomic E-state index is 13.2. The molecule has 1 heterocycles. The first kappa shape index (κ1) is 22.7. The average molecular weight is 476 g/mol. The van der Waals surface area contributed by atoms with E-state index >= 15 is 0 Å². The van der Waals surface area contributed by atoms with Crippen LogP contribution in [0.3, 0.4) is 0 Å². The number of aliphatic imine (C=N–C) groups is 1. The number of nitrogens with one attached hydrogen (secondary N) is 2. The highest BCUT2D eigenvalue weighted by molar-refractivity contribution is 14.0. The molecule has 7 heteroatoms. The first-order chi connectivity index (χ1) is 12.1. The number of carbonyl (C=O) groups is 1. The summed E-state index contributed by atoms with van der Waals surface area (Å²) in [4.78, 5) is 18.1. The van der Waals surface area contributed by atoms with Crippen LogP contribution in [0.25, 0.3) is 0 Å². The standard InChI is InChI=1S/C19H29FN4O.HI/c1-3-17(24-13-5-8-18(24)25)10-12-23-19(21-2)22-11-9-15-6-4-7-16(20)14-15;/h4,6-7,14,17H,3,5,8-13H2,1-2H3,(H2,21,22,23);1H. The van der Waals surface area contributed by atoms with Crippen molar-refractivity contribution >= 4 is 35.8 Å². The van der Waals surface area contributed by atoms with Crippen molar-refractivity contribution in [3.63, 3.8) is 0 Å². The number of rotatable bonds is 8. The first-order valence-electron chi connectivity index (χ1n) is 9.12. The van der Waals surface area contributed by atoms with Crippen LogP contribution < -0.4 is 10.6 Å². The lowest BCUT2D eigenvalue weighted by Gasteiger charge is -2.27. The fourth-order valence-corrected chi connectivity index (χ4v) is 3.23. The molecule has 0 aliphatic carbocycles. The average Bonchev–Trinajstić information content (AvgIpc) is 3.03. The molecule has 1 aromatic carbocycles. The molecular weight excluding hydrogens is 446 g/mol. The van der Waals surface area contributed by atoms with E-state index < -0.39 is 0 Å². The summed E-state index contributed by atoms with van der Waals surface area (Å²) in [7, 11) is 1.73. The minimum absolute atomic E-state index is 0. The molecule has 0 aromatic heterocycles.